The minimum Gasteiger partial charge on any atom is -0.459 e. The van der Waals surface area contributed by atoms with E-state index in [0.29, 0.717) is 17.5 Å². The SMILES string of the molecule is CN=C(NCc1nc(C(F)(F)F)cs1)N(C)Cc1cc2ccccc2o1. The Morgan fingerprint density at radius 3 is 2.77 bits per heavy atom. The number of rotatable bonds is 4. The number of aliphatic imine (C=N–C) groups is 1. The number of hydrogen-bond acceptors (Lipinski definition) is 4. The first-order valence-corrected chi connectivity index (χ1v) is 8.65. The molecule has 2 aromatic heterocycles. The monoisotopic (exact) mass is 382 g/mol. The lowest BCUT2D eigenvalue weighted by molar-refractivity contribution is -0.140. The molecule has 0 aliphatic heterocycles. The molecule has 0 atom stereocenters. The Labute approximate surface area is 152 Å². The molecule has 2 heterocycles. The van der Waals surface area contributed by atoms with Crippen LogP contribution in [-0.4, -0.2) is 29.9 Å². The number of para-hydroxylation sites is 1. The largest absolute Gasteiger partial charge is 0.459 e. The maximum Gasteiger partial charge on any atom is 0.434 e. The minimum atomic E-state index is -4.42. The third kappa shape index (κ3) is 4.16. The lowest BCUT2D eigenvalue weighted by Gasteiger charge is -2.20. The van der Waals surface area contributed by atoms with Crippen LogP contribution in [0.2, 0.25) is 0 Å². The van der Waals surface area contributed by atoms with Gasteiger partial charge < -0.3 is 14.6 Å². The van der Waals surface area contributed by atoms with E-state index in [9.17, 15) is 13.2 Å². The molecule has 0 radical (unpaired) electrons. The van der Waals surface area contributed by atoms with Crippen LogP contribution in [0.4, 0.5) is 13.2 Å². The Morgan fingerprint density at radius 2 is 2.12 bits per heavy atom. The molecule has 0 amide bonds. The molecule has 0 saturated carbocycles. The number of fused-ring (bicyclic) bond motifs is 1. The van der Waals surface area contributed by atoms with Crippen LogP contribution in [0.3, 0.4) is 0 Å². The van der Waals surface area contributed by atoms with Gasteiger partial charge in [-0.2, -0.15) is 13.2 Å². The highest BCUT2D eigenvalue weighted by molar-refractivity contribution is 7.09. The summed E-state index contributed by atoms with van der Waals surface area (Å²) in [6, 6.07) is 9.66. The highest BCUT2D eigenvalue weighted by Gasteiger charge is 2.33. The maximum absolute atomic E-state index is 12.6. The predicted octanol–water partition coefficient (Wildman–Crippen LogP) is 4.12. The van der Waals surface area contributed by atoms with Crippen LogP contribution in [-0.2, 0) is 19.3 Å². The normalized spacial score (nSPS) is 12.6. The van der Waals surface area contributed by atoms with Crippen molar-refractivity contribution in [1.82, 2.24) is 15.2 Å². The second-order valence-electron chi connectivity index (χ2n) is 5.63. The molecule has 0 aliphatic carbocycles. The molecule has 5 nitrogen and oxygen atoms in total. The quantitative estimate of drug-likeness (QED) is 0.545. The summed E-state index contributed by atoms with van der Waals surface area (Å²) in [4.78, 5) is 9.58. The van der Waals surface area contributed by atoms with E-state index < -0.39 is 11.9 Å². The van der Waals surface area contributed by atoms with E-state index in [-0.39, 0.29) is 6.54 Å². The van der Waals surface area contributed by atoms with Crippen molar-refractivity contribution >= 4 is 28.3 Å². The number of thiazole rings is 1. The molecule has 26 heavy (non-hydrogen) atoms. The number of nitrogens with one attached hydrogen (secondary N) is 1. The zero-order chi connectivity index (χ0) is 18.7. The number of furan rings is 1. The van der Waals surface area contributed by atoms with E-state index in [1.54, 1.807) is 7.05 Å². The number of benzene rings is 1. The summed E-state index contributed by atoms with van der Waals surface area (Å²) in [6.45, 7) is 0.637. The summed E-state index contributed by atoms with van der Waals surface area (Å²) < 4.78 is 43.6. The number of aromatic nitrogens is 1. The highest BCUT2D eigenvalue weighted by Crippen LogP contribution is 2.30. The average Bonchev–Trinajstić information content (AvgIpc) is 3.21. The Kier molecular flexibility index (Phi) is 5.17. The number of alkyl halides is 3. The molecule has 0 bridgehead atoms. The third-order valence-electron chi connectivity index (χ3n) is 3.68. The average molecular weight is 382 g/mol. The zero-order valence-electron chi connectivity index (χ0n) is 14.2. The van der Waals surface area contributed by atoms with Gasteiger partial charge in [-0.1, -0.05) is 18.2 Å². The lowest BCUT2D eigenvalue weighted by Crippen LogP contribution is -2.37. The van der Waals surface area contributed by atoms with Gasteiger partial charge in [0, 0.05) is 24.9 Å². The van der Waals surface area contributed by atoms with E-state index in [1.807, 2.05) is 42.3 Å². The number of guanidine groups is 1. The second-order valence-corrected chi connectivity index (χ2v) is 6.57. The van der Waals surface area contributed by atoms with Crippen LogP contribution in [0, 0.1) is 0 Å². The van der Waals surface area contributed by atoms with Crippen molar-refractivity contribution < 1.29 is 17.6 Å². The molecular weight excluding hydrogens is 365 g/mol. The molecule has 138 valence electrons. The van der Waals surface area contributed by atoms with E-state index >= 15 is 0 Å². The Bertz CT molecular complexity index is 883. The summed E-state index contributed by atoms with van der Waals surface area (Å²) in [5, 5.41) is 5.39. The van der Waals surface area contributed by atoms with Crippen molar-refractivity contribution in [2.75, 3.05) is 14.1 Å². The molecule has 1 N–H and O–H groups in total. The van der Waals surface area contributed by atoms with Crippen LogP contribution < -0.4 is 5.32 Å². The smallest absolute Gasteiger partial charge is 0.434 e. The standard InChI is InChI=1S/C17H17F3N4OS/c1-21-16(22-8-15-23-14(10-26-15)17(18,19)20)24(2)9-12-7-11-5-3-4-6-13(11)25-12/h3-7,10H,8-9H2,1-2H3,(H,21,22). The molecule has 3 aromatic rings. The van der Waals surface area contributed by atoms with Gasteiger partial charge in [-0.3, -0.25) is 4.99 Å². The van der Waals surface area contributed by atoms with E-state index in [2.05, 4.69) is 15.3 Å². The van der Waals surface area contributed by atoms with Crippen LogP contribution >= 0.6 is 11.3 Å². The zero-order valence-corrected chi connectivity index (χ0v) is 15.0. The van der Waals surface area contributed by atoms with E-state index in [1.165, 1.54) is 0 Å². The molecule has 0 spiro atoms. The molecule has 9 heteroatoms. The van der Waals surface area contributed by atoms with Crippen LogP contribution in [0.1, 0.15) is 16.5 Å². The van der Waals surface area contributed by atoms with Gasteiger partial charge in [0.1, 0.15) is 16.4 Å². The van der Waals surface area contributed by atoms with Gasteiger partial charge in [-0.25, -0.2) is 4.98 Å². The predicted molar refractivity (Wildman–Crippen MR) is 95.0 cm³/mol. The number of hydrogen-bond donors (Lipinski definition) is 1. The van der Waals surface area contributed by atoms with Crippen LogP contribution in [0.5, 0.6) is 0 Å². The molecule has 3 rings (SSSR count). The van der Waals surface area contributed by atoms with Crippen molar-refractivity contribution in [3.8, 4) is 0 Å². The third-order valence-corrected chi connectivity index (χ3v) is 4.53. The van der Waals surface area contributed by atoms with Crippen molar-refractivity contribution in [3.05, 3.63) is 52.2 Å². The fraction of sp³-hybridized carbons (Fsp3) is 0.294. The number of nitrogens with zero attached hydrogens (tertiary/aromatic N) is 3. The van der Waals surface area contributed by atoms with Crippen molar-refractivity contribution in [2.45, 2.75) is 19.3 Å². The van der Waals surface area contributed by atoms with Gasteiger partial charge >= 0.3 is 6.18 Å². The first kappa shape index (κ1) is 18.2. The van der Waals surface area contributed by atoms with Crippen LogP contribution in [0.25, 0.3) is 11.0 Å². The van der Waals surface area contributed by atoms with Gasteiger partial charge in [0.25, 0.3) is 0 Å². The molecular formula is C17H17F3N4OS. The fourth-order valence-electron chi connectivity index (χ4n) is 2.49. The Balaban J connectivity index is 1.62. The summed E-state index contributed by atoms with van der Waals surface area (Å²) in [7, 11) is 3.44. The van der Waals surface area contributed by atoms with Crippen LogP contribution in [0.15, 0.2) is 45.1 Å². The molecule has 1 aromatic carbocycles. The molecule has 0 aliphatic rings. The van der Waals surface area contributed by atoms with E-state index in [4.69, 9.17) is 4.42 Å². The minimum absolute atomic E-state index is 0.165. The topological polar surface area (TPSA) is 53.7 Å². The van der Waals surface area contributed by atoms with Gasteiger partial charge in [0.2, 0.25) is 0 Å². The molecule has 0 fully saturated rings. The van der Waals surface area contributed by atoms with Gasteiger partial charge in [0.05, 0.1) is 13.1 Å². The maximum atomic E-state index is 12.6. The molecule has 0 unspecified atom stereocenters. The van der Waals surface area contributed by atoms with Crippen molar-refractivity contribution in [2.24, 2.45) is 4.99 Å². The van der Waals surface area contributed by atoms with Gasteiger partial charge in [-0.05, 0) is 12.1 Å². The van der Waals surface area contributed by atoms with Gasteiger partial charge in [-0.15, -0.1) is 11.3 Å². The fourth-order valence-corrected chi connectivity index (χ4v) is 3.23. The lowest BCUT2D eigenvalue weighted by atomic mass is 10.2. The first-order chi connectivity index (χ1) is 12.4. The highest BCUT2D eigenvalue weighted by atomic mass is 32.1. The van der Waals surface area contributed by atoms with Crippen molar-refractivity contribution in [1.29, 1.82) is 0 Å². The summed E-state index contributed by atoms with van der Waals surface area (Å²) in [5.41, 5.74) is -0.0637. The summed E-state index contributed by atoms with van der Waals surface area (Å²) in [5.74, 6) is 1.31. The van der Waals surface area contributed by atoms with Gasteiger partial charge in [0.15, 0.2) is 11.7 Å². The van der Waals surface area contributed by atoms with E-state index in [0.717, 1.165) is 33.4 Å². The molecule has 0 saturated heterocycles. The Morgan fingerprint density at radius 1 is 1.35 bits per heavy atom. The first-order valence-electron chi connectivity index (χ1n) is 7.77. The number of halogens is 3. The van der Waals surface area contributed by atoms with Crippen molar-refractivity contribution in [3.63, 3.8) is 0 Å². The Hall–Kier alpha value is -2.55. The second kappa shape index (κ2) is 7.36. The summed E-state index contributed by atoms with van der Waals surface area (Å²) in [6.07, 6.45) is -4.42. The summed E-state index contributed by atoms with van der Waals surface area (Å²) >= 11 is 0.962.